The van der Waals surface area contributed by atoms with Gasteiger partial charge in [0.15, 0.2) is 0 Å². The van der Waals surface area contributed by atoms with E-state index in [0.717, 1.165) is 43.7 Å². The maximum absolute atomic E-state index is 9.80. The Balaban J connectivity index is 2.14. The second-order valence-corrected chi connectivity index (χ2v) is 7.29. The summed E-state index contributed by atoms with van der Waals surface area (Å²) in [5, 5.41) is 17.1. The van der Waals surface area contributed by atoms with Gasteiger partial charge in [0.1, 0.15) is 6.07 Å². The van der Waals surface area contributed by atoms with Crippen LogP contribution in [-0.2, 0) is 6.54 Å². The van der Waals surface area contributed by atoms with Gasteiger partial charge in [-0.2, -0.15) is 10.4 Å². The number of fused-ring (bicyclic) bond motifs is 4. The summed E-state index contributed by atoms with van der Waals surface area (Å²) in [5.74, 6) is 0.506. The quantitative estimate of drug-likeness (QED) is 0.459. The fraction of sp³-hybridized carbons (Fsp3) is 0.211. The van der Waals surface area contributed by atoms with Crippen molar-refractivity contribution >= 4 is 48.6 Å². The molecule has 0 saturated carbocycles. The van der Waals surface area contributed by atoms with E-state index >= 15 is 0 Å². The second-order valence-electron chi connectivity index (χ2n) is 6.37. The summed E-state index contributed by atoms with van der Waals surface area (Å²) < 4.78 is 2.96. The van der Waals surface area contributed by atoms with E-state index in [0.29, 0.717) is 11.5 Å². The summed E-state index contributed by atoms with van der Waals surface area (Å²) in [6.45, 7) is 5.19. The van der Waals surface area contributed by atoms with Gasteiger partial charge in [-0.05, 0) is 30.2 Å². The summed E-state index contributed by atoms with van der Waals surface area (Å²) in [6, 6.07) is 12.2. The molecule has 0 aliphatic rings. The van der Waals surface area contributed by atoms with Crippen molar-refractivity contribution in [1.82, 2.24) is 14.8 Å². The van der Waals surface area contributed by atoms with Crippen LogP contribution in [-0.4, -0.2) is 14.8 Å². The minimum Gasteiger partial charge on any atom is -0.265 e. The summed E-state index contributed by atoms with van der Waals surface area (Å²) in [6.07, 6.45) is 1.85. The van der Waals surface area contributed by atoms with Gasteiger partial charge >= 0.3 is 0 Å². The van der Waals surface area contributed by atoms with Crippen molar-refractivity contribution in [3.8, 4) is 6.07 Å². The zero-order chi connectivity index (χ0) is 16.8. The highest BCUT2D eigenvalue weighted by molar-refractivity contribution is 9.10. The maximum atomic E-state index is 9.80. The molecule has 5 heteroatoms. The smallest absolute Gasteiger partial charge is 0.101 e. The average Bonchev–Trinajstić information content (AvgIpc) is 2.94. The lowest BCUT2D eigenvalue weighted by Crippen LogP contribution is -2.05. The first-order valence-corrected chi connectivity index (χ1v) is 8.65. The molecule has 0 amide bonds. The molecule has 0 N–H and O–H groups in total. The summed E-state index contributed by atoms with van der Waals surface area (Å²) >= 11 is 3.47. The van der Waals surface area contributed by atoms with E-state index in [1.165, 1.54) is 0 Å². The fourth-order valence-electron chi connectivity index (χ4n) is 3.18. The molecule has 2 heterocycles. The van der Waals surface area contributed by atoms with Gasteiger partial charge in [0.2, 0.25) is 0 Å². The Bertz CT molecular complexity index is 1140. The van der Waals surface area contributed by atoms with Gasteiger partial charge in [-0.1, -0.05) is 35.8 Å². The number of aromatic nitrogens is 3. The maximum Gasteiger partial charge on any atom is 0.101 e. The highest BCUT2D eigenvalue weighted by Crippen LogP contribution is 2.32. The van der Waals surface area contributed by atoms with Crippen LogP contribution in [0.25, 0.3) is 32.7 Å². The molecule has 4 nitrogen and oxygen atoms in total. The number of nitriles is 1. The van der Waals surface area contributed by atoms with Crippen LogP contribution in [0.3, 0.4) is 0 Å². The molecule has 0 fully saturated rings. The average molecular weight is 379 g/mol. The van der Waals surface area contributed by atoms with Crippen LogP contribution < -0.4 is 0 Å². The number of nitrogens with zero attached hydrogens (tertiary/aromatic N) is 4. The van der Waals surface area contributed by atoms with Gasteiger partial charge in [0, 0.05) is 27.2 Å². The van der Waals surface area contributed by atoms with Crippen LogP contribution in [0.4, 0.5) is 0 Å². The highest BCUT2D eigenvalue weighted by Gasteiger charge is 2.15. The normalized spacial score (nSPS) is 11.6. The number of benzene rings is 2. The molecule has 0 unspecified atom stereocenters. The fourth-order valence-corrected chi connectivity index (χ4v) is 3.53. The molecule has 0 atom stereocenters. The van der Waals surface area contributed by atoms with Crippen LogP contribution in [0.2, 0.25) is 0 Å². The molecule has 4 rings (SSSR count). The molecule has 0 saturated heterocycles. The standard InChI is InChI=1S/C19H15BrN4/c1-11(2)10-24-18-6-5-16-19(15(18)9-22-24)14(8-21)13-4-3-12(20)7-17(13)23-16/h3-7,9,11H,10H2,1-2H3. The highest BCUT2D eigenvalue weighted by atomic mass is 79.9. The van der Waals surface area contributed by atoms with E-state index in [9.17, 15) is 5.26 Å². The third-order valence-electron chi connectivity index (χ3n) is 4.17. The van der Waals surface area contributed by atoms with Gasteiger partial charge in [0.25, 0.3) is 0 Å². The molecule has 0 spiro atoms. The van der Waals surface area contributed by atoms with Crippen molar-refractivity contribution < 1.29 is 0 Å². The third kappa shape index (κ3) is 2.26. The van der Waals surface area contributed by atoms with Crippen molar-refractivity contribution in [2.24, 2.45) is 5.92 Å². The van der Waals surface area contributed by atoms with Crippen molar-refractivity contribution in [3.05, 3.63) is 46.6 Å². The Morgan fingerprint density at radius 3 is 2.75 bits per heavy atom. The van der Waals surface area contributed by atoms with Gasteiger partial charge in [0.05, 0.1) is 28.3 Å². The van der Waals surface area contributed by atoms with Crippen molar-refractivity contribution in [2.75, 3.05) is 0 Å². The van der Waals surface area contributed by atoms with E-state index in [-0.39, 0.29) is 0 Å². The summed E-state index contributed by atoms with van der Waals surface area (Å²) in [7, 11) is 0. The Morgan fingerprint density at radius 1 is 1.17 bits per heavy atom. The molecule has 2 aromatic heterocycles. The van der Waals surface area contributed by atoms with Gasteiger partial charge < -0.3 is 0 Å². The first-order valence-electron chi connectivity index (χ1n) is 7.86. The van der Waals surface area contributed by atoms with E-state index in [1.807, 2.05) is 41.2 Å². The lowest BCUT2D eigenvalue weighted by molar-refractivity contribution is 0.495. The number of pyridine rings is 1. The van der Waals surface area contributed by atoms with Crippen LogP contribution in [0.15, 0.2) is 41.0 Å². The molecule has 0 aliphatic heterocycles. The second kappa shape index (κ2) is 5.57. The summed E-state index contributed by atoms with van der Waals surface area (Å²) in [4.78, 5) is 4.75. The number of hydrogen-bond donors (Lipinski definition) is 0. The number of hydrogen-bond acceptors (Lipinski definition) is 3. The number of halogens is 1. The lowest BCUT2D eigenvalue weighted by atomic mass is 10.0. The molecule has 0 aliphatic carbocycles. The third-order valence-corrected chi connectivity index (χ3v) is 4.67. The van der Waals surface area contributed by atoms with E-state index < -0.39 is 0 Å². The number of rotatable bonds is 2. The van der Waals surface area contributed by atoms with Crippen LogP contribution >= 0.6 is 15.9 Å². The van der Waals surface area contributed by atoms with Crippen molar-refractivity contribution in [1.29, 1.82) is 5.26 Å². The zero-order valence-corrected chi connectivity index (χ0v) is 15.0. The predicted molar refractivity (Wildman–Crippen MR) is 99.8 cm³/mol. The first kappa shape index (κ1) is 15.1. The van der Waals surface area contributed by atoms with E-state index in [2.05, 4.69) is 40.9 Å². The molecular formula is C19H15BrN4. The minimum atomic E-state index is 0.506. The predicted octanol–water partition coefficient (Wildman–Crippen LogP) is 5.03. The first-order chi connectivity index (χ1) is 11.6. The van der Waals surface area contributed by atoms with Crippen LogP contribution in [0.1, 0.15) is 19.4 Å². The molecule has 118 valence electrons. The van der Waals surface area contributed by atoms with Crippen LogP contribution in [0, 0.1) is 17.2 Å². The molecule has 0 radical (unpaired) electrons. The lowest BCUT2D eigenvalue weighted by Gasteiger charge is -2.09. The molecule has 4 aromatic rings. The van der Waals surface area contributed by atoms with Crippen molar-refractivity contribution in [2.45, 2.75) is 20.4 Å². The van der Waals surface area contributed by atoms with Crippen molar-refractivity contribution in [3.63, 3.8) is 0 Å². The molecule has 24 heavy (non-hydrogen) atoms. The molecule has 2 aromatic carbocycles. The topological polar surface area (TPSA) is 54.5 Å². The monoisotopic (exact) mass is 378 g/mol. The summed E-state index contributed by atoms with van der Waals surface area (Å²) in [5.41, 5.74) is 3.36. The Morgan fingerprint density at radius 2 is 2.00 bits per heavy atom. The van der Waals surface area contributed by atoms with Gasteiger partial charge in [-0.3, -0.25) is 4.68 Å². The van der Waals surface area contributed by atoms with E-state index in [4.69, 9.17) is 4.98 Å². The molecule has 0 bridgehead atoms. The zero-order valence-electron chi connectivity index (χ0n) is 13.4. The minimum absolute atomic E-state index is 0.506. The Kier molecular flexibility index (Phi) is 3.50. The van der Waals surface area contributed by atoms with Crippen LogP contribution in [0.5, 0.6) is 0 Å². The Hall–Kier alpha value is -2.45. The molecular weight excluding hydrogens is 364 g/mol. The van der Waals surface area contributed by atoms with Gasteiger partial charge in [-0.15, -0.1) is 0 Å². The van der Waals surface area contributed by atoms with E-state index in [1.54, 1.807) is 0 Å². The van der Waals surface area contributed by atoms with Gasteiger partial charge in [-0.25, -0.2) is 4.98 Å². The Labute approximate surface area is 147 Å². The largest absolute Gasteiger partial charge is 0.265 e. The SMILES string of the molecule is CC(C)Cn1ncc2c3c(C#N)c4ccc(Br)cc4nc3ccc21.